The Bertz CT molecular complexity index is 371. The van der Waals surface area contributed by atoms with Crippen LogP contribution < -0.4 is 4.74 Å². The minimum absolute atomic E-state index is 0.0251. The number of benzene rings is 1. The van der Waals surface area contributed by atoms with Crippen molar-refractivity contribution in [3.63, 3.8) is 0 Å². The maximum absolute atomic E-state index is 12.2. The molecule has 0 saturated heterocycles. The van der Waals surface area contributed by atoms with Gasteiger partial charge in [-0.05, 0) is 49.3 Å². The van der Waals surface area contributed by atoms with Gasteiger partial charge in [-0.2, -0.15) is 11.8 Å². The average molecular weight is 266 g/mol. The van der Waals surface area contributed by atoms with Gasteiger partial charge in [-0.3, -0.25) is 4.79 Å². The van der Waals surface area contributed by atoms with E-state index in [-0.39, 0.29) is 11.0 Å². The highest BCUT2D eigenvalue weighted by Crippen LogP contribution is 2.20. The number of carbonyl (C=O) groups excluding carboxylic acids is 1. The van der Waals surface area contributed by atoms with E-state index in [1.807, 2.05) is 31.2 Å². The first kappa shape index (κ1) is 15.1. The van der Waals surface area contributed by atoms with Crippen molar-refractivity contribution in [3.05, 3.63) is 29.8 Å². The lowest BCUT2D eigenvalue weighted by Gasteiger charge is -2.11. The third-order valence-electron chi connectivity index (χ3n) is 2.81. The number of methoxy groups -OCH3 is 1. The molecule has 0 amide bonds. The van der Waals surface area contributed by atoms with Crippen molar-refractivity contribution >= 4 is 17.5 Å². The molecule has 0 bridgehead atoms. The Hall–Kier alpha value is -0.960. The quantitative estimate of drug-likeness (QED) is 0.697. The highest BCUT2D eigenvalue weighted by Gasteiger charge is 2.15. The summed E-state index contributed by atoms with van der Waals surface area (Å²) in [6.45, 7) is 6.39. The minimum Gasteiger partial charge on any atom is -0.497 e. The monoisotopic (exact) mass is 266 g/mol. The van der Waals surface area contributed by atoms with Crippen molar-refractivity contribution in [3.8, 4) is 5.75 Å². The van der Waals surface area contributed by atoms with Crippen molar-refractivity contribution in [2.24, 2.45) is 5.92 Å². The molecule has 0 spiro atoms. The Labute approximate surface area is 114 Å². The second-order valence-electron chi connectivity index (χ2n) is 4.79. The van der Waals surface area contributed by atoms with Crippen LogP contribution in [0.2, 0.25) is 0 Å². The van der Waals surface area contributed by atoms with Gasteiger partial charge in [0, 0.05) is 5.56 Å². The van der Waals surface area contributed by atoms with Crippen LogP contribution in [0.5, 0.6) is 5.75 Å². The number of ether oxygens (including phenoxy) is 1. The summed E-state index contributed by atoms with van der Waals surface area (Å²) in [7, 11) is 1.63. The smallest absolute Gasteiger partial charge is 0.175 e. The van der Waals surface area contributed by atoms with Crippen molar-refractivity contribution in [1.82, 2.24) is 0 Å². The predicted octanol–water partition coefficient (Wildman–Crippen LogP) is 4.05. The first-order valence-corrected chi connectivity index (χ1v) is 7.39. The van der Waals surface area contributed by atoms with Gasteiger partial charge < -0.3 is 4.74 Å². The summed E-state index contributed by atoms with van der Waals surface area (Å²) < 4.78 is 5.08. The zero-order valence-corrected chi connectivity index (χ0v) is 12.4. The molecule has 0 aliphatic rings. The normalized spacial score (nSPS) is 12.5. The Morgan fingerprint density at radius 3 is 2.33 bits per heavy atom. The van der Waals surface area contributed by atoms with Gasteiger partial charge >= 0.3 is 0 Å². The zero-order chi connectivity index (χ0) is 13.5. The molecule has 1 aromatic carbocycles. The lowest BCUT2D eigenvalue weighted by molar-refractivity contribution is 0.0994. The molecule has 0 aliphatic heterocycles. The summed E-state index contributed by atoms with van der Waals surface area (Å²) in [6, 6.07) is 7.33. The lowest BCUT2D eigenvalue weighted by Crippen LogP contribution is -2.14. The summed E-state index contributed by atoms with van der Waals surface area (Å²) in [5.41, 5.74) is 0.764. The number of ketones is 1. The number of thioether (sulfide) groups is 1. The maximum Gasteiger partial charge on any atom is 0.175 e. The SMILES string of the molecule is COc1ccc(C(=O)C(C)SCCC(C)C)cc1. The van der Waals surface area contributed by atoms with E-state index in [2.05, 4.69) is 13.8 Å². The summed E-state index contributed by atoms with van der Waals surface area (Å²) in [5.74, 6) is 2.72. The Morgan fingerprint density at radius 2 is 1.83 bits per heavy atom. The molecule has 0 aromatic heterocycles. The predicted molar refractivity (Wildman–Crippen MR) is 78.7 cm³/mol. The van der Waals surface area contributed by atoms with E-state index in [1.54, 1.807) is 18.9 Å². The van der Waals surface area contributed by atoms with Gasteiger partial charge in [0.05, 0.1) is 12.4 Å². The van der Waals surface area contributed by atoms with Crippen LogP contribution in [-0.2, 0) is 0 Å². The van der Waals surface area contributed by atoms with Crippen LogP contribution >= 0.6 is 11.8 Å². The summed E-state index contributed by atoms with van der Waals surface area (Å²) in [6.07, 6.45) is 1.16. The third-order valence-corrected chi connectivity index (χ3v) is 3.99. The van der Waals surface area contributed by atoms with Gasteiger partial charge in [-0.1, -0.05) is 13.8 Å². The van der Waals surface area contributed by atoms with Crippen LogP contribution in [0.15, 0.2) is 24.3 Å². The summed E-state index contributed by atoms with van der Waals surface area (Å²) >= 11 is 1.74. The van der Waals surface area contributed by atoms with Crippen molar-refractivity contribution < 1.29 is 9.53 Å². The molecule has 1 atom stereocenters. The second-order valence-corrected chi connectivity index (χ2v) is 6.24. The highest BCUT2D eigenvalue weighted by atomic mass is 32.2. The average Bonchev–Trinajstić information content (AvgIpc) is 2.37. The van der Waals surface area contributed by atoms with E-state index in [0.29, 0.717) is 5.92 Å². The topological polar surface area (TPSA) is 26.3 Å². The molecular weight excluding hydrogens is 244 g/mol. The third kappa shape index (κ3) is 4.73. The fourth-order valence-electron chi connectivity index (χ4n) is 1.55. The highest BCUT2D eigenvalue weighted by molar-refractivity contribution is 8.00. The number of Topliss-reactive ketones (excluding diaryl/α,β-unsaturated/α-hetero) is 1. The van der Waals surface area contributed by atoms with Crippen molar-refractivity contribution in [2.45, 2.75) is 32.4 Å². The molecule has 2 nitrogen and oxygen atoms in total. The largest absolute Gasteiger partial charge is 0.497 e. The maximum atomic E-state index is 12.2. The molecule has 1 aromatic rings. The van der Waals surface area contributed by atoms with Gasteiger partial charge in [0.15, 0.2) is 5.78 Å². The standard InChI is InChI=1S/C15H22O2S/c1-11(2)9-10-18-12(3)15(16)13-5-7-14(17-4)8-6-13/h5-8,11-12H,9-10H2,1-4H3. The molecule has 18 heavy (non-hydrogen) atoms. The van der Waals surface area contributed by atoms with Crippen LogP contribution in [0, 0.1) is 5.92 Å². The number of carbonyl (C=O) groups is 1. The van der Waals surface area contributed by atoms with Gasteiger partial charge in [0.25, 0.3) is 0 Å². The fraction of sp³-hybridized carbons (Fsp3) is 0.533. The van der Waals surface area contributed by atoms with Crippen LogP contribution in [0.3, 0.4) is 0 Å². The number of rotatable bonds is 7. The molecule has 1 unspecified atom stereocenters. The van der Waals surface area contributed by atoms with Crippen LogP contribution in [-0.4, -0.2) is 23.9 Å². The van der Waals surface area contributed by atoms with E-state index in [4.69, 9.17) is 4.74 Å². The van der Waals surface area contributed by atoms with Gasteiger partial charge in [0.1, 0.15) is 5.75 Å². The fourth-order valence-corrected chi connectivity index (χ4v) is 2.79. The van der Waals surface area contributed by atoms with E-state index >= 15 is 0 Å². The molecule has 1 rings (SSSR count). The number of hydrogen-bond donors (Lipinski definition) is 0. The molecule has 3 heteroatoms. The zero-order valence-electron chi connectivity index (χ0n) is 11.6. The summed E-state index contributed by atoms with van der Waals surface area (Å²) in [5, 5.41) is 0.0251. The molecule has 0 heterocycles. The van der Waals surface area contributed by atoms with Crippen LogP contribution in [0.1, 0.15) is 37.6 Å². The lowest BCUT2D eigenvalue weighted by atomic mass is 10.1. The molecule has 0 saturated carbocycles. The molecule has 0 fully saturated rings. The van der Waals surface area contributed by atoms with Gasteiger partial charge in [-0.25, -0.2) is 0 Å². The van der Waals surface area contributed by atoms with Gasteiger partial charge in [0.2, 0.25) is 0 Å². The number of hydrogen-bond acceptors (Lipinski definition) is 3. The van der Waals surface area contributed by atoms with E-state index in [9.17, 15) is 4.79 Å². The first-order chi connectivity index (χ1) is 8.54. The van der Waals surface area contributed by atoms with Crippen molar-refractivity contribution in [1.29, 1.82) is 0 Å². The second kappa shape index (κ2) is 7.47. The Kier molecular flexibility index (Phi) is 6.27. The molecule has 0 aliphatic carbocycles. The summed E-state index contributed by atoms with van der Waals surface area (Å²) in [4.78, 5) is 12.2. The first-order valence-electron chi connectivity index (χ1n) is 6.34. The van der Waals surface area contributed by atoms with Crippen molar-refractivity contribution in [2.75, 3.05) is 12.9 Å². The van der Waals surface area contributed by atoms with Crippen LogP contribution in [0.4, 0.5) is 0 Å². The molecule has 0 N–H and O–H groups in total. The van der Waals surface area contributed by atoms with E-state index in [0.717, 1.165) is 23.5 Å². The minimum atomic E-state index is 0.0251. The Morgan fingerprint density at radius 1 is 1.22 bits per heavy atom. The van der Waals surface area contributed by atoms with Crippen LogP contribution in [0.25, 0.3) is 0 Å². The van der Waals surface area contributed by atoms with Gasteiger partial charge in [-0.15, -0.1) is 0 Å². The molecule has 0 radical (unpaired) electrons. The molecule has 100 valence electrons. The van der Waals surface area contributed by atoms with E-state index < -0.39 is 0 Å². The molecular formula is C15H22O2S. The Balaban J connectivity index is 2.51. The van der Waals surface area contributed by atoms with E-state index in [1.165, 1.54) is 0 Å².